The molecule has 1 rings (SSSR count). The molecule has 0 N–H and O–H groups in total. The third-order valence-corrected chi connectivity index (χ3v) is 1.89. The first kappa shape index (κ1) is 8.98. The van der Waals surface area contributed by atoms with Crippen molar-refractivity contribution in [3.05, 3.63) is 35.4 Å². The Hall–Kier alpha value is -1.11. The Morgan fingerprint density at radius 2 is 1.92 bits per heavy atom. The normalized spacial score (nSPS) is 11.3. The molecule has 1 aromatic carbocycles. The molecule has 0 aliphatic heterocycles. The van der Waals surface area contributed by atoms with E-state index in [0.717, 1.165) is 0 Å². The fourth-order valence-electron chi connectivity index (χ4n) is 1.29. The molecule has 0 aliphatic rings. The van der Waals surface area contributed by atoms with E-state index in [1.165, 1.54) is 11.1 Å². The number of benzene rings is 1. The third kappa shape index (κ3) is 1.94. The number of nitrogens with zero attached hydrogens (tertiary/aromatic N) is 1. The van der Waals surface area contributed by atoms with Gasteiger partial charge in [-0.15, -0.1) is 0 Å². The Morgan fingerprint density at radius 1 is 1.25 bits per heavy atom. The van der Waals surface area contributed by atoms with Gasteiger partial charge in [-0.1, -0.05) is 38.1 Å². The van der Waals surface area contributed by atoms with E-state index < -0.39 is 0 Å². The highest BCUT2D eigenvalue weighted by atomic mass is 14.6. The molecule has 0 aliphatic carbocycles. The van der Waals surface area contributed by atoms with Crippen molar-refractivity contribution in [2.24, 2.45) is 4.99 Å². The Morgan fingerprint density at radius 3 is 2.50 bits per heavy atom. The van der Waals surface area contributed by atoms with Gasteiger partial charge in [0, 0.05) is 13.3 Å². The van der Waals surface area contributed by atoms with Crippen LogP contribution in [0.3, 0.4) is 0 Å². The van der Waals surface area contributed by atoms with Gasteiger partial charge in [-0.2, -0.15) is 0 Å². The predicted molar refractivity (Wildman–Crippen MR) is 54.0 cm³/mol. The lowest BCUT2D eigenvalue weighted by Crippen LogP contribution is -1.94. The van der Waals surface area contributed by atoms with Gasteiger partial charge in [0.1, 0.15) is 0 Å². The van der Waals surface area contributed by atoms with Crippen molar-refractivity contribution in [3.63, 3.8) is 0 Å². The third-order valence-electron chi connectivity index (χ3n) is 1.89. The predicted octanol–water partition coefficient (Wildman–Crippen LogP) is 2.86. The van der Waals surface area contributed by atoms with Gasteiger partial charge in [-0.25, -0.2) is 0 Å². The molecule has 1 aromatic rings. The molecule has 0 saturated heterocycles. The number of rotatable bonds is 2. The summed E-state index contributed by atoms with van der Waals surface area (Å²) in [6.07, 6.45) is 1.91. The molecular weight excluding hydrogens is 146 g/mol. The molecule has 0 spiro atoms. The average Bonchev–Trinajstić information content (AvgIpc) is 2.05. The lowest BCUT2D eigenvalue weighted by Gasteiger charge is -2.07. The Labute approximate surface area is 74.2 Å². The van der Waals surface area contributed by atoms with Crippen LogP contribution in [0.1, 0.15) is 30.9 Å². The van der Waals surface area contributed by atoms with Gasteiger partial charge < -0.3 is 0 Å². The second-order valence-electron chi connectivity index (χ2n) is 3.17. The zero-order valence-corrected chi connectivity index (χ0v) is 7.91. The van der Waals surface area contributed by atoms with Crippen molar-refractivity contribution in [2.75, 3.05) is 7.05 Å². The van der Waals surface area contributed by atoms with Gasteiger partial charge >= 0.3 is 0 Å². The van der Waals surface area contributed by atoms with Crippen molar-refractivity contribution in [1.82, 2.24) is 0 Å². The minimum Gasteiger partial charge on any atom is -0.296 e. The van der Waals surface area contributed by atoms with Crippen LogP contribution in [-0.2, 0) is 0 Å². The first-order chi connectivity index (χ1) is 5.75. The van der Waals surface area contributed by atoms with E-state index >= 15 is 0 Å². The molecule has 0 heterocycles. The highest BCUT2D eigenvalue weighted by Crippen LogP contribution is 2.17. The molecule has 12 heavy (non-hydrogen) atoms. The average molecular weight is 161 g/mol. The van der Waals surface area contributed by atoms with Crippen molar-refractivity contribution in [3.8, 4) is 0 Å². The summed E-state index contributed by atoms with van der Waals surface area (Å²) in [5.41, 5.74) is 2.60. The molecule has 0 bridgehead atoms. The van der Waals surface area contributed by atoms with Crippen molar-refractivity contribution in [2.45, 2.75) is 19.8 Å². The topological polar surface area (TPSA) is 12.4 Å². The maximum atomic E-state index is 4.02. The molecule has 1 nitrogen and oxygen atoms in total. The largest absolute Gasteiger partial charge is 0.296 e. The van der Waals surface area contributed by atoms with Gasteiger partial charge in [0.2, 0.25) is 0 Å². The lowest BCUT2D eigenvalue weighted by molar-refractivity contribution is 0.865. The van der Waals surface area contributed by atoms with E-state index in [9.17, 15) is 0 Å². The van der Waals surface area contributed by atoms with E-state index in [4.69, 9.17) is 0 Å². The maximum absolute atomic E-state index is 4.02. The fraction of sp³-hybridized carbons (Fsp3) is 0.364. The highest BCUT2D eigenvalue weighted by molar-refractivity contribution is 5.81. The van der Waals surface area contributed by atoms with E-state index in [1.54, 1.807) is 7.05 Å². The van der Waals surface area contributed by atoms with Crippen LogP contribution >= 0.6 is 0 Å². The van der Waals surface area contributed by atoms with Crippen LogP contribution in [0.2, 0.25) is 0 Å². The lowest BCUT2D eigenvalue weighted by atomic mass is 9.98. The van der Waals surface area contributed by atoms with Crippen LogP contribution in [0, 0.1) is 0 Å². The summed E-state index contributed by atoms with van der Waals surface area (Å²) in [6.45, 7) is 4.39. The zero-order chi connectivity index (χ0) is 8.97. The number of hydrogen-bond acceptors (Lipinski definition) is 1. The second-order valence-corrected chi connectivity index (χ2v) is 3.17. The molecule has 1 heteroatoms. The maximum Gasteiger partial charge on any atom is 0.0284 e. The van der Waals surface area contributed by atoms with Crippen LogP contribution in [0.4, 0.5) is 0 Å². The van der Waals surface area contributed by atoms with Gasteiger partial charge in [0.05, 0.1) is 0 Å². The first-order valence-corrected chi connectivity index (χ1v) is 4.26. The number of hydrogen-bond donors (Lipinski definition) is 0. The monoisotopic (exact) mass is 161 g/mol. The van der Waals surface area contributed by atoms with E-state index in [-0.39, 0.29) is 0 Å². The van der Waals surface area contributed by atoms with Crippen LogP contribution < -0.4 is 0 Å². The highest BCUT2D eigenvalue weighted by Gasteiger charge is 2.02. The number of aliphatic imine (C=N–C) groups is 1. The Kier molecular flexibility index (Phi) is 3.03. The van der Waals surface area contributed by atoms with E-state index in [2.05, 4.69) is 37.0 Å². The molecule has 0 aromatic heterocycles. The Bertz CT molecular complexity index is 274. The van der Waals surface area contributed by atoms with Gasteiger partial charge in [0.25, 0.3) is 0 Å². The summed E-state index contributed by atoms with van der Waals surface area (Å²) in [7, 11) is 1.80. The van der Waals surface area contributed by atoms with Crippen LogP contribution in [0.5, 0.6) is 0 Å². The van der Waals surface area contributed by atoms with Crippen LogP contribution in [0.25, 0.3) is 0 Å². The summed E-state index contributed by atoms with van der Waals surface area (Å²) in [5.74, 6) is 0.569. The van der Waals surface area contributed by atoms with Crippen molar-refractivity contribution in [1.29, 1.82) is 0 Å². The summed E-state index contributed by atoms with van der Waals surface area (Å²) >= 11 is 0. The molecule has 0 atom stereocenters. The smallest absolute Gasteiger partial charge is 0.0284 e. The molecule has 64 valence electrons. The quantitative estimate of drug-likeness (QED) is 0.591. The SMILES string of the molecule is C/N=C\c1ccccc1C(C)C. The van der Waals surface area contributed by atoms with Crippen LogP contribution in [-0.4, -0.2) is 13.3 Å². The van der Waals surface area contributed by atoms with E-state index in [1.807, 2.05) is 12.3 Å². The van der Waals surface area contributed by atoms with Crippen molar-refractivity contribution >= 4 is 6.21 Å². The molecule has 0 radical (unpaired) electrons. The molecular formula is C11H15N. The molecule has 0 saturated carbocycles. The van der Waals surface area contributed by atoms with Crippen molar-refractivity contribution < 1.29 is 0 Å². The fourth-order valence-corrected chi connectivity index (χ4v) is 1.29. The molecule has 0 amide bonds. The van der Waals surface area contributed by atoms with E-state index in [0.29, 0.717) is 5.92 Å². The molecule has 0 unspecified atom stereocenters. The van der Waals surface area contributed by atoms with Gasteiger partial charge in [0.15, 0.2) is 0 Å². The van der Waals surface area contributed by atoms with Crippen LogP contribution in [0.15, 0.2) is 29.3 Å². The summed E-state index contributed by atoms with van der Waals surface area (Å²) in [5, 5.41) is 0. The van der Waals surface area contributed by atoms with Gasteiger partial charge in [-0.05, 0) is 17.0 Å². The minimum absolute atomic E-state index is 0.569. The summed E-state index contributed by atoms with van der Waals surface area (Å²) in [4.78, 5) is 4.02. The van der Waals surface area contributed by atoms with Gasteiger partial charge in [-0.3, -0.25) is 4.99 Å². The first-order valence-electron chi connectivity index (χ1n) is 4.26. The zero-order valence-electron chi connectivity index (χ0n) is 7.91. The summed E-state index contributed by atoms with van der Waals surface area (Å²) in [6, 6.07) is 8.37. The summed E-state index contributed by atoms with van der Waals surface area (Å²) < 4.78 is 0. The standard InChI is InChI=1S/C11H15N/c1-9(2)11-7-5-4-6-10(11)8-12-3/h4-9H,1-3H3/b12-8-. The second kappa shape index (κ2) is 4.05. The molecule has 0 fully saturated rings. The minimum atomic E-state index is 0.569. The Balaban J connectivity index is 3.08.